The van der Waals surface area contributed by atoms with Crippen molar-refractivity contribution in [3.8, 4) is 5.75 Å². The zero-order chi connectivity index (χ0) is 14.4. The van der Waals surface area contributed by atoms with Crippen LogP contribution < -0.4 is 4.74 Å². The van der Waals surface area contributed by atoms with Crippen LogP contribution in [0.5, 0.6) is 5.75 Å². The molecule has 6 heteroatoms. The van der Waals surface area contributed by atoms with E-state index >= 15 is 0 Å². The molecule has 0 aliphatic rings. The summed E-state index contributed by atoms with van der Waals surface area (Å²) in [5.41, 5.74) is 0.443. The molecule has 0 bridgehead atoms. The topological polar surface area (TPSA) is 66.8 Å². The van der Waals surface area contributed by atoms with Crippen molar-refractivity contribution in [1.82, 2.24) is 4.90 Å². The smallest absolute Gasteiger partial charge is 0.331 e. The fourth-order valence-electron chi connectivity index (χ4n) is 1.83. The molecule has 1 rings (SSSR count). The molecule has 1 unspecified atom stereocenters. The Bertz CT molecular complexity index is 464. The van der Waals surface area contributed by atoms with E-state index in [-0.39, 0.29) is 0 Å². The zero-order valence-corrected chi connectivity index (χ0v) is 11.6. The Kier molecular flexibility index (Phi) is 5.63. The van der Waals surface area contributed by atoms with Crippen molar-refractivity contribution >= 4 is 24.0 Å². The molecule has 0 spiro atoms. The second kappa shape index (κ2) is 6.99. The molecule has 1 aromatic carbocycles. The van der Waals surface area contributed by atoms with Crippen LogP contribution in [-0.4, -0.2) is 36.0 Å². The van der Waals surface area contributed by atoms with E-state index in [2.05, 4.69) is 0 Å². The Hall–Kier alpha value is -1.75. The van der Waals surface area contributed by atoms with Crippen molar-refractivity contribution in [2.24, 2.45) is 0 Å². The highest BCUT2D eigenvalue weighted by Gasteiger charge is 2.26. The quantitative estimate of drug-likeness (QED) is 0.781. The molecule has 0 aromatic heterocycles. The summed E-state index contributed by atoms with van der Waals surface area (Å²) in [4.78, 5) is 23.6. The number of ether oxygens (including phenoxy) is 1. The van der Waals surface area contributed by atoms with Crippen molar-refractivity contribution in [3.05, 3.63) is 28.8 Å². The van der Waals surface area contributed by atoms with Gasteiger partial charge in [0.25, 0.3) is 0 Å². The minimum absolute atomic E-state index is 0.314. The maximum absolute atomic E-state index is 11.4. The summed E-state index contributed by atoms with van der Waals surface area (Å²) in [7, 11) is 1.48. The Morgan fingerprint density at radius 2 is 2.26 bits per heavy atom. The Morgan fingerprint density at radius 3 is 2.68 bits per heavy atom. The summed E-state index contributed by atoms with van der Waals surface area (Å²) in [6.07, 6.45) is 1.22. The summed E-state index contributed by atoms with van der Waals surface area (Å²) in [6.45, 7) is 2.24. The van der Waals surface area contributed by atoms with Gasteiger partial charge >= 0.3 is 5.97 Å². The average Bonchev–Trinajstić information content (AvgIpc) is 2.38. The molecule has 1 aromatic rings. The number of carbonyl (C=O) groups is 2. The number of rotatable bonds is 7. The van der Waals surface area contributed by atoms with Crippen LogP contribution in [0.3, 0.4) is 0 Å². The van der Waals surface area contributed by atoms with Gasteiger partial charge in [-0.2, -0.15) is 0 Å². The number of carboxylic acids is 1. The summed E-state index contributed by atoms with van der Waals surface area (Å²) in [5.74, 6) is -0.635. The normalized spacial score (nSPS) is 11.7. The van der Waals surface area contributed by atoms with E-state index in [1.165, 1.54) is 18.1 Å². The summed E-state index contributed by atoms with van der Waals surface area (Å²) in [5, 5.41) is 9.61. The van der Waals surface area contributed by atoms with Gasteiger partial charge in [0, 0.05) is 6.54 Å². The number of aliphatic carboxylic acids is 1. The van der Waals surface area contributed by atoms with Crippen molar-refractivity contribution in [1.29, 1.82) is 0 Å². The van der Waals surface area contributed by atoms with Crippen LogP contribution in [0.15, 0.2) is 18.2 Å². The highest BCUT2D eigenvalue weighted by atomic mass is 35.5. The van der Waals surface area contributed by atoms with Crippen LogP contribution in [0, 0.1) is 0 Å². The van der Waals surface area contributed by atoms with Crippen LogP contribution in [0.1, 0.15) is 24.9 Å². The van der Waals surface area contributed by atoms with Crippen LogP contribution in [-0.2, 0) is 9.59 Å². The van der Waals surface area contributed by atoms with E-state index in [9.17, 15) is 14.7 Å². The molecule has 1 atom stereocenters. The minimum atomic E-state index is -1.10. The third-order valence-electron chi connectivity index (χ3n) is 2.67. The lowest BCUT2D eigenvalue weighted by Crippen LogP contribution is -2.33. The maximum atomic E-state index is 11.4. The van der Waals surface area contributed by atoms with Crippen molar-refractivity contribution in [2.45, 2.75) is 19.4 Å². The molecule has 1 amide bonds. The number of carboxylic acid groups (broad SMARTS) is 1. The fraction of sp³-hybridized carbons (Fsp3) is 0.385. The van der Waals surface area contributed by atoms with Gasteiger partial charge in [0.05, 0.1) is 12.1 Å². The first-order chi connectivity index (χ1) is 9.04. The van der Waals surface area contributed by atoms with Gasteiger partial charge in [0.15, 0.2) is 6.04 Å². The molecule has 0 fully saturated rings. The fourth-order valence-corrected chi connectivity index (χ4v) is 2.10. The van der Waals surface area contributed by atoms with Crippen LogP contribution in [0.4, 0.5) is 0 Å². The lowest BCUT2D eigenvalue weighted by Gasteiger charge is -2.25. The predicted molar refractivity (Wildman–Crippen MR) is 71.4 cm³/mol. The third kappa shape index (κ3) is 3.61. The monoisotopic (exact) mass is 285 g/mol. The van der Waals surface area contributed by atoms with Gasteiger partial charge in [0.1, 0.15) is 5.75 Å². The van der Waals surface area contributed by atoms with Gasteiger partial charge < -0.3 is 14.7 Å². The first-order valence-corrected chi connectivity index (χ1v) is 6.20. The number of amides is 1. The molecular weight excluding hydrogens is 270 g/mol. The molecule has 0 aliphatic carbocycles. The number of carbonyl (C=O) groups excluding carboxylic acids is 1. The average molecular weight is 286 g/mol. The number of benzene rings is 1. The van der Waals surface area contributed by atoms with Crippen molar-refractivity contribution in [2.75, 3.05) is 13.7 Å². The lowest BCUT2D eigenvalue weighted by atomic mass is 10.1. The van der Waals surface area contributed by atoms with Gasteiger partial charge in [0.2, 0.25) is 6.41 Å². The first kappa shape index (κ1) is 15.3. The molecule has 19 heavy (non-hydrogen) atoms. The van der Waals surface area contributed by atoms with E-state index in [0.29, 0.717) is 35.7 Å². The molecule has 0 heterocycles. The summed E-state index contributed by atoms with van der Waals surface area (Å²) < 4.78 is 5.01. The Labute approximate surface area is 116 Å². The van der Waals surface area contributed by atoms with Gasteiger partial charge in [-0.1, -0.05) is 24.6 Å². The number of halogens is 1. The van der Waals surface area contributed by atoms with Gasteiger partial charge in [-0.25, -0.2) is 4.79 Å². The van der Waals surface area contributed by atoms with Crippen LogP contribution >= 0.6 is 11.6 Å². The highest BCUT2D eigenvalue weighted by molar-refractivity contribution is 6.32. The van der Waals surface area contributed by atoms with E-state index in [4.69, 9.17) is 16.3 Å². The highest BCUT2D eigenvalue weighted by Crippen LogP contribution is 2.29. The van der Waals surface area contributed by atoms with E-state index < -0.39 is 12.0 Å². The summed E-state index contributed by atoms with van der Waals surface area (Å²) in [6, 6.07) is 3.64. The second-order valence-corrected chi connectivity index (χ2v) is 4.39. The largest absolute Gasteiger partial charge is 0.495 e. The van der Waals surface area contributed by atoms with E-state index in [1.54, 1.807) is 12.1 Å². The Morgan fingerprint density at radius 1 is 1.58 bits per heavy atom. The lowest BCUT2D eigenvalue weighted by molar-refractivity contribution is -0.146. The molecule has 5 nitrogen and oxygen atoms in total. The van der Waals surface area contributed by atoms with Gasteiger partial charge in [-0.15, -0.1) is 0 Å². The number of hydrogen-bond acceptors (Lipinski definition) is 3. The first-order valence-electron chi connectivity index (χ1n) is 5.82. The van der Waals surface area contributed by atoms with Gasteiger partial charge in [-0.05, 0) is 24.1 Å². The van der Waals surface area contributed by atoms with Crippen molar-refractivity contribution < 1.29 is 19.4 Å². The van der Waals surface area contributed by atoms with Crippen LogP contribution in [0.2, 0.25) is 5.02 Å². The molecule has 1 N–H and O–H groups in total. The molecule has 0 saturated carbocycles. The number of hydrogen-bond donors (Lipinski definition) is 1. The molecule has 0 aliphatic heterocycles. The minimum Gasteiger partial charge on any atom is -0.495 e. The van der Waals surface area contributed by atoms with Crippen LogP contribution in [0.25, 0.3) is 0 Å². The van der Waals surface area contributed by atoms with E-state index in [0.717, 1.165) is 0 Å². The standard InChI is InChI=1S/C13H16ClNO4/c1-3-6-15(8-16)12(13(17)18)9-4-5-11(19-2)10(14)7-9/h4-5,7-8,12H,3,6H2,1-2H3,(H,17,18). The summed E-state index contributed by atoms with van der Waals surface area (Å²) >= 11 is 5.98. The third-order valence-corrected chi connectivity index (χ3v) is 2.97. The second-order valence-electron chi connectivity index (χ2n) is 3.98. The number of nitrogens with zero attached hydrogens (tertiary/aromatic N) is 1. The maximum Gasteiger partial charge on any atom is 0.331 e. The van der Waals surface area contributed by atoms with E-state index in [1.807, 2.05) is 6.92 Å². The molecule has 104 valence electrons. The molecule has 0 saturated heterocycles. The van der Waals surface area contributed by atoms with Crippen molar-refractivity contribution in [3.63, 3.8) is 0 Å². The Balaban J connectivity index is 3.15. The van der Waals surface area contributed by atoms with Gasteiger partial charge in [-0.3, -0.25) is 4.79 Å². The zero-order valence-electron chi connectivity index (χ0n) is 10.8. The SMILES string of the molecule is CCCN(C=O)C(C(=O)O)c1ccc(OC)c(Cl)c1. The molecule has 0 radical (unpaired) electrons. The predicted octanol–water partition coefficient (Wildman–Crippen LogP) is 2.34. The molecular formula is C13H16ClNO4. The number of methoxy groups -OCH3 is 1.